The maximum Gasteiger partial charge on any atom is 0.254 e. The summed E-state index contributed by atoms with van der Waals surface area (Å²) in [5.41, 5.74) is 3.08. The van der Waals surface area contributed by atoms with Crippen LogP contribution in [0.3, 0.4) is 0 Å². The molecule has 2 aromatic carbocycles. The van der Waals surface area contributed by atoms with Crippen LogP contribution in [0.5, 0.6) is 0 Å². The number of halogens is 1. The highest BCUT2D eigenvalue weighted by molar-refractivity contribution is 5.94. The molecule has 0 spiro atoms. The lowest BCUT2D eigenvalue weighted by Gasteiger charge is -2.34. The fraction of sp³-hybridized carbons (Fsp3) is 0.350. The monoisotopic (exact) mass is 326 g/mol. The molecule has 1 saturated heterocycles. The van der Waals surface area contributed by atoms with Gasteiger partial charge in [-0.3, -0.25) is 9.69 Å². The largest absolute Gasteiger partial charge is 0.336 e. The van der Waals surface area contributed by atoms with Crippen LogP contribution in [0.2, 0.25) is 0 Å². The third-order valence-electron chi connectivity index (χ3n) is 4.57. The van der Waals surface area contributed by atoms with Crippen molar-refractivity contribution in [2.24, 2.45) is 0 Å². The minimum absolute atomic E-state index is 0.0820. The normalized spacial score (nSPS) is 15.5. The molecule has 0 atom stereocenters. The van der Waals surface area contributed by atoms with Gasteiger partial charge in [0.15, 0.2) is 0 Å². The van der Waals surface area contributed by atoms with E-state index in [2.05, 4.69) is 36.1 Å². The summed E-state index contributed by atoms with van der Waals surface area (Å²) in [5.74, 6) is -0.448. The van der Waals surface area contributed by atoms with Crippen LogP contribution in [0, 0.1) is 5.82 Å². The van der Waals surface area contributed by atoms with Crippen LogP contribution in [0.25, 0.3) is 0 Å². The van der Waals surface area contributed by atoms with Crippen LogP contribution in [0.4, 0.5) is 4.39 Å². The van der Waals surface area contributed by atoms with Gasteiger partial charge in [0.2, 0.25) is 0 Å². The van der Waals surface area contributed by atoms with Gasteiger partial charge in [-0.2, -0.15) is 0 Å². The van der Waals surface area contributed by atoms with Gasteiger partial charge in [0, 0.05) is 38.3 Å². The maximum atomic E-state index is 13.3. The van der Waals surface area contributed by atoms with Gasteiger partial charge >= 0.3 is 0 Å². The molecule has 2 aromatic rings. The number of nitrogens with zero attached hydrogens (tertiary/aromatic N) is 2. The smallest absolute Gasteiger partial charge is 0.254 e. The molecule has 24 heavy (non-hydrogen) atoms. The molecule has 0 aromatic heterocycles. The number of amides is 1. The van der Waals surface area contributed by atoms with Crippen LogP contribution >= 0.6 is 0 Å². The van der Waals surface area contributed by atoms with Crippen molar-refractivity contribution in [3.05, 3.63) is 71.0 Å². The molecule has 1 amide bonds. The Morgan fingerprint density at radius 3 is 2.29 bits per heavy atom. The first-order chi connectivity index (χ1) is 11.7. The summed E-state index contributed by atoms with van der Waals surface area (Å²) in [4.78, 5) is 16.6. The number of hydrogen-bond acceptors (Lipinski definition) is 2. The average molecular weight is 326 g/mol. The van der Waals surface area contributed by atoms with Crippen LogP contribution < -0.4 is 0 Å². The molecule has 1 aliphatic rings. The van der Waals surface area contributed by atoms with Gasteiger partial charge in [-0.25, -0.2) is 4.39 Å². The number of hydrogen-bond donors (Lipinski definition) is 0. The van der Waals surface area contributed by atoms with Gasteiger partial charge in [-0.1, -0.05) is 37.3 Å². The van der Waals surface area contributed by atoms with E-state index in [1.54, 1.807) is 12.1 Å². The second-order valence-electron chi connectivity index (χ2n) is 6.25. The standard InChI is InChI=1S/C20H23FN2O/c1-2-16-6-8-17(9-7-16)15-22-10-12-23(13-11-22)20(24)18-4-3-5-19(21)14-18/h3-9,14H,2,10-13,15H2,1H3. The molecule has 3 nitrogen and oxygen atoms in total. The van der Waals surface area contributed by atoms with E-state index in [0.29, 0.717) is 18.7 Å². The van der Waals surface area contributed by atoms with Crippen molar-refractivity contribution in [1.82, 2.24) is 9.80 Å². The van der Waals surface area contributed by atoms with Crippen molar-refractivity contribution in [3.8, 4) is 0 Å². The van der Waals surface area contributed by atoms with Crippen molar-refractivity contribution in [2.75, 3.05) is 26.2 Å². The number of rotatable bonds is 4. The van der Waals surface area contributed by atoms with Gasteiger partial charge in [-0.05, 0) is 35.7 Å². The van der Waals surface area contributed by atoms with Crippen molar-refractivity contribution in [2.45, 2.75) is 19.9 Å². The molecule has 0 N–H and O–H groups in total. The Morgan fingerprint density at radius 1 is 1.00 bits per heavy atom. The number of aryl methyl sites for hydroxylation is 1. The first kappa shape index (κ1) is 16.7. The average Bonchev–Trinajstić information content (AvgIpc) is 2.62. The molecular formula is C20H23FN2O. The topological polar surface area (TPSA) is 23.6 Å². The Hall–Kier alpha value is -2.20. The van der Waals surface area contributed by atoms with Crippen LogP contribution in [0.1, 0.15) is 28.4 Å². The molecule has 1 fully saturated rings. The molecule has 0 saturated carbocycles. The highest BCUT2D eigenvalue weighted by Gasteiger charge is 2.22. The van der Waals surface area contributed by atoms with Crippen molar-refractivity contribution < 1.29 is 9.18 Å². The minimum atomic E-state index is -0.366. The Balaban J connectivity index is 1.54. The lowest BCUT2D eigenvalue weighted by Crippen LogP contribution is -2.48. The van der Waals surface area contributed by atoms with E-state index in [4.69, 9.17) is 0 Å². The number of benzene rings is 2. The van der Waals surface area contributed by atoms with Crippen molar-refractivity contribution in [3.63, 3.8) is 0 Å². The first-order valence-corrected chi connectivity index (χ1v) is 8.50. The zero-order valence-electron chi connectivity index (χ0n) is 14.0. The summed E-state index contributed by atoms with van der Waals surface area (Å²) in [6.45, 7) is 6.12. The fourth-order valence-electron chi connectivity index (χ4n) is 3.05. The van der Waals surface area contributed by atoms with E-state index in [1.165, 1.54) is 23.3 Å². The van der Waals surface area contributed by atoms with Gasteiger partial charge in [0.25, 0.3) is 5.91 Å². The summed E-state index contributed by atoms with van der Waals surface area (Å²) < 4.78 is 13.3. The van der Waals surface area contributed by atoms with Crippen molar-refractivity contribution in [1.29, 1.82) is 0 Å². The first-order valence-electron chi connectivity index (χ1n) is 8.50. The predicted octanol–water partition coefficient (Wildman–Crippen LogP) is 3.35. The maximum absolute atomic E-state index is 13.3. The Kier molecular flexibility index (Phi) is 5.26. The predicted molar refractivity (Wildman–Crippen MR) is 93.4 cm³/mol. The molecule has 1 aliphatic heterocycles. The molecule has 3 rings (SSSR count). The number of piperazine rings is 1. The zero-order chi connectivity index (χ0) is 16.9. The fourth-order valence-corrected chi connectivity index (χ4v) is 3.05. The van der Waals surface area contributed by atoms with E-state index in [1.807, 2.05) is 4.90 Å². The number of carbonyl (C=O) groups is 1. The Bertz CT molecular complexity index is 691. The van der Waals surface area contributed by atoms with E-state index >= 15 is 0 Å². The molecule has 0 radical (unpaired) electrons. The highest BCUT2D eigenvalue weighted by Crippen LogP contribution is 2.13. The third kappa shape index (κ3) is 4.01. The summed E-state index contributed by atoms with van der Waals surface area (Å²) >= 11 is 0. The Morgan fingerprint density at radius 2 is 1.67 bits per heavy atom. The van der Waals surface area contributed by atoms with Gasteiger partial charge < -0.3 is 4.90 Å². The van der Waals surface area contributed by atoms with Crippen LogP contribution in [0.15, 0.2) is 48.5 Å². The van der Waals surface area contributed by atoms with E-state index in [9.17, 15) is 9.18 Å². The molecule has 0 unspecified atom stereocenters. The van der Waals surface area contributed by atoms with Crippen LogP contribution in [-0.4, -0.2) is 41.9 Å². The molecule has 126 valence electrons. The molecule has 0 bridgehead atoms. The van der Waals surface area contributed by atoms with E-state index in [-0.39, 0.29) is 11.7 Å². The molecular weight excluding hydrogens is 303 g/mol. The summed E-state index contributed by atoms with van der Waals surface area (Å²) in [6, 6.07) is 14.7. The molecule has 0 aliphatic carbocycles. The zero-order valence-corrected chi connectivity index (χ0v) is 14.0. The second kappa shape index (κ2) is 7.58. The van der Waals surface area contributed by atoms with E-state index < -0.39 is 0 Å². The van der Waals surface area contributed by atoms with Gasteiger partial charge in [-0.15, -0.1) is 0 Å². The molecule has 1 heterocycles. The quantitative estimate of drug-likeness (QED) is 0.860. The van der Waals surface area contributed by atoms with Gasteiger partial charge in [0.05, 0.1) is 0 Å². The SMILES string of the molecule is CCc1ccc(CN2CCN(C(=O)c3cccc(F)c3)CC2)cc1. The molecule has 4 heteroatoms. The third-order valence-corrected chi connectivity index (χ3v) is 4.57. The summed E-state index contributed by atoms with van der Waals surface area (Å²) in [5, 5.41) is 0. The lowest BCUT2D eigenvalue weighted by molar-refractivity contribution is 0.0628. The van der Waals surface area contributed by atoms with Gasteiger partial charge in [0.1, 0.15) is 5.82 Å². The highest BCUT2D eigenvalue weighted by atomic mass is 19.1. The van der Waals surface area contributed by atoms with Crippen LogP contribution in [-0.2, 0) is 13.0 Å². The van der Waals surface area contributed by atoms with E-state index in [0.717, 1.165) is 26.1 Å². The summed E-state index contributed by atoms with van der Waals surface area (Å²) in [7, 11) is 0. The number of carbonyl (C=O) groups excluding carboxylic acids is 1. The van der Waals surface area contributed by atoms with Crippen molar-refractivity contribution >= 4 is 5.91 Å². The minimum Gasteiger partial charge on any atom is -0.336 e. The lowest BCUT2D eigenvalue weighted by atomic mass is 10.1. The summed E-state index contributed by atoms with van der Waals surface area (Å²) in [6.07, 6.45) is 1.06. The Labute approximate surface area is 142 Å². The second-order valence-corrected chi connectivity index (χ2v) is 6.25.